The van der Waals surface area contributed by atoms with E-state index in [9.17, 15) is 4.79 Å². The van der Waals surface area contributed by atoms with Crippen LogP contribution in [0, 0.1) is 5.92 Å². The molecule has 0 aliphatic carbocycles. The van der Waals surface area contributed by atoms with E-state index in [1.165, 1.54) is 26.4 Å². The van der Waals surface area contributed by atoms with Crippen molar-refractivity contribution in [3.05, 3.63) is 0 Å². The molecule has 3 nitrogen and oxygen atoms in total. The van der Waals surface area contributed by atoms with Gasteiger partial charge in [0.05, 0.1) is 13.7 Å². The fraction of sp³-hybridized carbons (Fsp3) is 0.900. The van der Waals surface area contributed by atoms with Crippen molar-refractivity contribution >= 4 is 5.97 Å². The fourth-order valence-electron chi connectivity index (χ4n) is 1.73. The van der Waals surface area contributed by atoms with Gasteiger partial charge in [0.2, 0.25) is 0 Å². The number of rotatable bonds is 2. The van der Waals surface area contributed by atoms with Crippen LogP contribution in [0.3, 0.4) is 0 Å². The Hall–Kier alpha value is -0.570. The minimum absolute atomic E-state index is 0.116. The molecule has 0 aromatic heterocycles. The molecule has 3 heteroatoms. The smallest absolute Gasteiger partial charge is 0.319 e. The molecule has 0 spiro atoms. The van der Waals surface area contributed by atoms with Crippen LogP contribution in [0.1, 0.15) is 26.2 Å². The third-order valence-corrected chi connectivity index (χ3v) is 2.69. The molecule has 0 radical (unpaired) electrons. The number of carbonyl (C=O) groups is 1. The van der Waals surface area contributed by atoms with Gasteiger partial charge in [-0.2, -0.15) is 0 Å². The molecular weight excluding hydrogens is 166 g/mol. The largest absolute Gasteiger partial charge is 0.468 e. The second-order valence-corrected chi connectivity index (χ2v) is 3.89. The zero-order valence-electron chi connectivity index (χ0n) is 8.58. The summed E-state index contributed by atoms with van der Waals surface area (Å²) in [6.45, 7) is 4.82. The zero-order chi connectivity index (χ0) is 9.68. The fourth-order valence-corrected chi connectivity index (χ4v) is 1.73. The molecular formula is C10H19NO2. The topological polar surface area (TPSA) is 29.5 Å². The van der Waals surface area contributed by atoms with Crippen molar-refractivity contribution in [2.24, 2.45) is 5.92 Å². The Morgan fingerprint density at radius 3 is 2.92 bits per heavy atom. The van der Waals surface area contributed by atoms with Crippen molar-refractivity contribution in [3.63, 3.8) is 0 Å². The van der Waals surface area contributed by atoms with Crippen molar-refractivity contribution in [1.82, 2.24) is 4.90 Å². The Balaban J connectivity index is 2.29. The number of methoxy groups -OCH3 is 1. The quantitative estimate of drug-likeness (QED) is 0.607. The highest BCUT2D eigenvalue weighted by Crippen LogP contribution is 2.15. The second-order valence-electron chi connectivity index (χ2n) is 3.89. The zero-order valence-corrected chi connectivity index (χ0v) is 8.58. The summed E-state index contributed by atoms with van der Waals surface area (Å²) in [7, 11) is 1.45. The second kappa shape index (κ2) is 5.22. The Bertz CT molecular complexity index is 170. The number of likely N-dealkylation sites (tertiary alicyclic amines) is 1. The van der Waals surface area contributed by atoms with Gasteiger partial charge in [0.25, 0.3) is 0 Å². The van der Waals surface area contributed by atoms with Crippen LogP contribution < -0.4 is 0 Å². The Morgan fingerprint density at radius 1 is 1.46 bits per heavy atom. The molecule has 0 bridgehead atoms. The third-order valence-electron chi connectivity index (χ3n) is 2.69. The lowest BCUT2D eigenvalue weighted by Crippen LogP contribution is -2.31. The summed E-state index contributed by atoms with van der Waals surface area (Å²) in [6, 6.07) is 0. The van der Waals surface area contributed by atoms with E-state index in [4.69, 9.17) is 0 Å². The molecule has 0 saturated carbocycles. The number of hydrogen-bond acceptors (Lipinski definition) is 3. The summed E-state index contributed by atoms with van der Waals surface area (Å²) in [5, 5.41) is 0. The van der Waals surface area contributed by atoms with Crippen LogP contribution in [-0.4, -0.2) is 37.6 Å². The Labute approximate surface area is 80.1 Å². The average Bonchev–Trinajstić information content (AvgIpc) is 2.31. The van der Waals surface area contributed by atoms with E-state index in [-0.39, 0.29) is 5.97 Å². The minimum Gasteiger partial charge on any atom is -0.468 e. The molecule has 76 valence electrons. The molecule has 1 heterocycles. The monoisotopic (exact) mass is 185 g/mol. The maximum atomic E-state index is 11.0. The lowest BCUT2D eigenvalue weighted by molar-refractivity contribution is -0.141. The van der Waals surface area contributed by atoms with Crippen LogP contribution in [-0.2, 0) is 9.53 Å². The number of carbonyl (C=O) groups excluding carboxylic acids is 1. The third kappa shape index (κ3) is 3.77. The van der Waals surface area contributed by atoms with Crippen LogP contribution >= 0.6 is 0 Å². The number of esters is 1. The molecule has 0 amide bonds. The van der Waals surface area contributed by atoms with Crippen molar-refractivity contribution in [2.45, 2.75) is 26.2 Å². The van der Waals surface area contributed by atoms with Crippen molar-refractivity contribution in [1.29, 1.82) is 0 Å². The van der Waals surface area contributed by atoms with E-state index in [0.29, 0.717) is 6.54 Å². The summed E-state index contributed by atoms with van der Waals surface area (Å²) >= 11 is 0. The first kappa shape index (κ1) is 10.5. The van der Waals surface area contributed by atoms with Crippen LogP contribution in [0.4, 0.5) is 0 Å². The van der Waals surface area contributed by atoms with Gasteiger partial charge in [-0.3, -0.25) is 9.69 Å². The predicted octanol–water partition coefficient (Wildman–Crippen LogP) is 1.28. The first-order valence-corrected chi connectivity index (χ1v) is 5.01. The normalized spacial score (nSPS) is 25.2. The highest BCUT2D eigenvalue weighted by atomic mass is 16.5. The van der Waals surface area contributed by atoms with E-state index in [1.54, 1.807) is 0 Å². The van der Waals surface area contributed by atoms with Crippen molar-refractivity contribution in [2.75, 3.05) is 26.7 Å². The van der Waals surface area contributed by atoms with Gasteiger partial charge in [-0.1, -0.05) is 6.92 Å². The van der Waals surface area contributed by atoms with Crippen molar-refractivity contribution < 1.29 is 9.53 Å². The van der Waals surface area contributed by atoms with Crippen molar-refractivity contribution in [3.8, 4) is 0 Å². The van der Waals surface area contributed by atoms with Gasteiger partial charge in [0, 0.05) is 0 Å². The number of nitrogens with zero attached hydrogens (tertiary/aromatic N) is 1. The summed E-state index contributed by atoms with van der Waals surface area (Å²) in [5.41, 5.74) is 0. The highest BCUT2D eigenvalue weighted by molar-refractivity contribution is 5.71. The van der Waals surface area contributed by atoms with E-state index < -0.39 is 0 Å². The van der Waals surface area contributed by atoms with Gasteiger partial charge in [-0.25, -0.2) is 0 Å². The summed E-state index contributed by atoms with van der Waals surface area (Å²) < 4.78 is 4.64. The van der Waals surface area contributed by atoms with Crippen LogP contribution in [0.25, 0.3) is 0 Å². The maximum absolute atomic E-state index is 11.0. The highest BCUT2D eigenvalue weighted by Gasteiger charge is 2.15. The molecule has 13 heavy (non-hydrogen) atoms. The summed E-state index contributed by atoms with van der Waals surface area (Å²) in [4.78, 5) is 13.2. The molecule has 1 aliphatic heterocycles. The van der Waals surface area contributed by atoms with Crippen LogP contribution in [0.5, 0.6) is 0 Å². The first-order valence-electron chi connectivity index (χ1n) is 5.01. The summed E-state index contributed by atoms with van der Waals surface area (Å²) in [5.74, 6) is 0.692. The van der Waals surface area contributed by atoms with Gasteiger partial charge >= 0.3 is 5.97 Å². The Morgan fingerprint density at radius 2 is 2.23 bits per heavy atom. The van der Waals surface area contributed by atoms with Gasteiger partial charge in [-0.15, -0.1) is 0 Å². The first-order chi connectivity index (χ1) is 6.22. The van der Waals surface area contributed by atoms with E-state index in [2.05, 4.69) is 16.6 Å². The van der Waals surface area contributed by atoms with E-state index >= 15 is 0 Å². The Kier molecular flexibility index (Phi) is 4.22. The molecule has 1 aliphatic rings. The maximum Gasteiger partial charge on any atom is 0.319 e. The molecule has 0 aromatic rings. The molecule has 1 unspecified atom stereocenters. The minimum atomic E-state index is -0.116. The lowest BCUT2D eigenvalue weighted by Gasteiger charge is -2.17. The average molecular weight is 185 g/mol. The molecule has 0 N–H and O–H groups in total. The lowest BCUT2D eigenvalue weighted by atomic mass is 10.0. The van der Waals surface area contributed by atoms with Crippen LogP contribution in [0.2, 0.25) is 0 Å². The van der Waals surface area contributed by atoms with E-state index in [1.807, 2.05) is 0 Å². The molecule has 0 aromatic carbocycles. The standard InChI is InChI=1S/C10H19NO2/c1-9-4-3-6-11(7-5-9)8-10(12)13-2/h9H,3-8H2,1-2H3. The molecule has 1 rings (SSSR count). The number of hydrogen-bond donors (Lipinski definition) is 0. The SMILES string of the molecule is COC(=O)CN1CCCC(C)CC1. The number of ether oxygens (including phenoxy) is 1. The van der Waals surface area contributed by atoms with Crippen LogP contribution in [0.15, 0.2) is 0 Å². The molecule has 1 saturated heterocycles. The van der Waals surface area contributed by atoms with Gasteiger partial charge in [0.15, 0.2) is 0 Å². The summed E-state index contributed by atoms with van der Waals surface area (Å²) in [6.07, 6.45) is 3.70. The van der Waals surface area contributed by atoms with Gasteiger partial charge in [-0.05, 0) is 38.3 Å². The predicted molar refractivity (Wildman–Crippen MR) is 51.5 cm³/mol. The van der Waals surface area contributed by atoms with E-state index in [0.717, 1.165) is 19.0 Å². The van der Waals surface area contributed by atoms with Gasteiger partial charge < -0.3 is 4.74 Å². The molecule has 1 fully saturated rings. The molecule has 1 atom stereocenters. The van der Waals surface area contributed by atoms with Gasteiger partial charge in [0.1, 0.15) is 0 Å².